The summed E-state index contributed by atoms with van der Waals surface area (Å²) in [6.45, 7) is 4.92. The molecule has 0 fully saturated rings. The Balaban J connectivity index is 3.78. The second kappa shape index (κ2) is 5.98. The van der Waals surface area contributed by atoms with Crippen LogP contribution in [0.1, 0.15) is 26.7 Å². The highest BCUT2D eigenvalue weighted by Gasteiger charge is 2.20. The van der Waals surface area contributed by atoms with Crippen LogP contribution < -0.4 is 5.73 Å². The van der Waals surface area contributed by atoms with Crippen LogP contribution in [0.15, 0.2) is 0 Å². The van der Waals surface area contributed by atoms with Gasteiger partial charge in [-0.1, -0.05) is 6.92 Å². The highest BCUT2D eigenvalue weighted by atomic mass is 16.5. The van der Waals surface area contributed by atoms with Crippen LogP contribution in [0.2, 0.25) is 0 Å². The van der Waals surface area contributed by atoms with E-state index in [1.807, 2.05) is 13.8 Å². The second-order valence-electron chi connectivity index (χ2n) is 3.89. The lowest BCUT2D eigenvalue weighted by Crippen LogP contribution is -2.38. The minimum atomic E-state index is -0.285. The Labute approximate surface area is 86.4 Å². The van der Waals surface area contributed by atoms with Gasteiger partial charge in [-0.3, -0.25) is 4.79 Å². The van der Waals surface area contributed by atoms with E-state index in [0.29, 0.717) is 19.6 Å². The Kier molecular flexibility index (Phi) is 5.72. The molecular weight excluding hydrogens is 180 g/mol. The molecule has 0 rings (SSSR count). The van der Waals surface area contributed by atoms with Gasteiger partial charge in [-0.2, -0.15) is 0 Å². The average Bonchev–Trinajstić information content (AvgIpc) is 2.17. The number of rotatable bonds is 6. The average molecular weight is 202 g/mol. The molecule has 0 aliphatic carbocycles. The van der Waals surface area contributed by atoms with Gasteiger partial charge < -0.3 is 15.4 Å². The molecule has 2 N–H and O–H groups in total. The summed E-state index contributed by atoms with van der Waals surface area (Å²) in [5.41, 5.74) is 5.29. The summed E-state index contributed by atoms with van der Waals surface area (Å²) >= 11 is 0. The van der Waals surface area contributed by atoms with E-state index in [2.05, 4.69) is 0 Å². The van der Waals surface area contributed by atoms with Crippen molar-refractivity contribution in [3.8, 4) is 0 Å². The van der Waals surface area contributed by atoms with Crippen molar-refractivity contribution in [2.75, 3.05) is 27.2 Å². The van der Waals surface area contributed by atoms with Gasteiger partial charge in [-0.25, -0.2) is 0 Å². The second-order valence-corrected chi connectivity index (χ2v) is 3.89. The summed E-state index contributed by atoms with van der Waals surface area (Å²) < 4.78 is 5.58. The van der Waals surface area contributed by atoms with Crippen LogP contribution in [0, 0.1) is 0 Å². The van der Waals surface area contributed by atoms with Gasteiger partial charge in [0.1, 0.15) is 0 Å². The molecule has 0 saturated heterocycles. The summed E-state index contributed by atoms with van der Waals surface area (Å²) in [6.07, 6.45) is 1.28. The van der Waals surface area contributed by atoms with Crippen molar-refractivity contribution in [1.29, 1.82) is 0 Å². The summed E-state index contributed by atoms with van der Waals surface area (Å²) in [5, 5.41) is 0. The third kappa shape index (κ3) is 4.58. The molecule has 4 heteroatoms. The van der Waals surface area contributed by atoms with Crippen LogP contribution in [0.3, 0.4) is 0 Å². The van der Waals surface area contributed by atoms with E-state index >= 15 is 0 Å². The zero-order valence-electron chi connectivity index (χ0n) is 9.67. The van der Waals surface area contributed by atoms with Gasteiger partial charge in [-0.15, -0.1) is 0 Å². The largest absolute Gasteiger partial charge is 0.373 e. The third-order valence-corrected chi connectivity index (χ3v) is 2.44. The first-order valence-corrected chi connectivity index (χ1v) is 4.99. The Morgan fingerprint density at radius 2 is 2.07 bits per heavy atom. The number of hydrogen-bond donors (Lipinski definition) is 1. The molecule has 0 aromatic carbocycles. The molecule has 1 atom stereocenters. The molecular formula is C10H22N2O2. The van der Waals surface area contributed by atoms with Crippen LogP contribution in [0.5, 0.6) is 0 Å². The zero-order chi connectivity index (χ0) is 11.2. The molecule has 0 aromatic heterocycles. The first kappa shape index (κ1) is 13.4. The van der Waals surface area contributed by atoms with Crippen molar-refractivity contribution in [2.45, 2.75) is 32.3 Å². The van der Waals surface area contributed by atoms with Gasteiger partial charge in [0, 0.05) is 20.6 Å². The molecule has 84 valence electrons. The molecule has 0 aliphatic rings. The van der Waals surface area contributed by atoms with Crippen LogP contribution in [0.25, 0.3) is 0 Å². The van der Waals surface area contributed by atoms with Crippen LogP contribution in [-0.2, 0) is 9.53 Å². The molecule has 4 nitrogen and oxygen atoms in total. The quantitative estimate of drug-likeness (QED) is 0.686. The van der Waals surface area contributed by atoms with Gasteiger partial charge in [0.05, 0.1) is 18.6 Å². The molecule has 0 heterocycles. The predicted octanol–water partition coefficient (Wildman–Crippen LogP) is 0.609. The monoisotopic (exact) mass is 202 g/mol. The standard InChI is InChI=1S/C10H22N2O2/c1-5-10(2,8-11)14-7-6-9(13)12(3)4/h5-8,11H2,1-4H3. The lowest BCUT2D eigenvalue weighted by Gasteiger charge is -2.27. The maximum absolute atomic E-state index is 11.2. The molecule has 1 amide bonds. The fourth-order valence-corrected chi connectivity index (χ4v) is 0.914. The first-order chi connectivity index (χ1) is 6.45. The summed E-state index contributed by atoms with van der Waals surface area (Å²) in [4.78, 5) is 12.8. The number of carbonyl (C=O) groups is 1. The van der Waals surface area contributed by atoms with E-state index in [4.69, 9.17) is 10.5 Å². The molecule has 0 spiro atoms. The summed E-state index contributed by atoms with van der Waals surface area (Å²) in [7, 11) is 3.48. The highest BCUT2D eigenvalue weighted by Crippen LogP contribution is 2.13. The number of hydrogen-bond acceptors (Lipinski definition) is 3. The van der Waals surface area contributed by atoms with E-state index < -0.39 is 0 Å². The minimum Gasteiger partial charge on any atom is -0.373 e. The van der Waals surface area contributed by atoms with Crippen molar-refractivity contribution in [3.05, 3.63) is 0 Å². The normalized spacial score (nSPS) is 14.9. The number of nitrogens with two attached hydrogens (primary N) is 1. The van der Waals surface area contributed by atoms with E-state index in [-0.39, 0.29) is 11.5 Å². The summed E-state index contributed by atoms with van der Waals surface area (Å²) in [5.74, 6) is 0.0838. The predicted molar refractivity (Wildman–Crippen MR) is 57.0 cm³/mol. The van der Waals surface area contributed by atoms with Crippen LogP contribution >= 0.6 is 0 Å². The first-order valence-electron chi connectivity index (χ1n) is 4.99. The molecule has 1 unspecified atom stereocenters. The maximum atomic E-state index is 11.2. The lowest BCUT2D eigenvalue weighted by molar-refractivity contribution is -0.131. The molecule has 0 saturated carbocycles. The number of ether oxygens (including phenoxy) is 1. The van der Waals surface area contributed by atoms with E-state index in [9.17, 15) is 4.79 Å². The highest BCUT2D eigenvalue weighted by molar-refractivity contribution is 5.75. The molecule has 0 aliphatic heterocycles. The fourth-order valence-electron chi connectivity index (χ4n) is 0.914. The number of nitrogens with zero attached hydrogens (tertiary/aromatic N) is 1. The minimum absolute atomic E-state index is 0.0838. The van der Waals surface area contributed by atoms with E-state index in [0.717, 1.165) is 6.42 Å². The van der Waals surface area contributed by atoms with Crippen LogP contribution in [0.4, 0.5) is 0 Å². The van der Waals surface area contributed by atoms with Crippen molar-refractivity contribution in [3.63, 3.8) is 0 Å². The van der Waals surface area contributed by atoms with Gasteiger partial charge >= 0.3 is 0 Å². The van der Waals surface area contributed by atoms with Crippen molar-refractivity contribution < 1.29 is 9.53 Å². The molecule has 14 heavy (non-hydrogen) atoms. The number of carbonyl (C=O) groups excluding carboxylic acids is 1. The van der Waals surface area contributed by atoms with Gasteiger partial charge in [0.25, 0.3) is 0 Å². The SMILES string of the molecule is CCC(C)(CN)OCCC(=O)N(C)C. The van der Waals surface area contributed by atoms with Crippen molar-refractivity contribution in [1.82, 2.24) is 4.90 Å². The van der Waals surface area contributed by atoms with Crippen molar-refractivity contribution >= 4 is 5.91 Å². The van der Waals surface area contributed by atoms with Crippen molar-refractivity contribution in [2.24, 2.45) is 5.73 Å². The Morgan fingerprint density at radius 3 is 2.43 bits per heavy atom. The Bertz CT molecular complexity index is 177. The van der Waals surface area contributed by atoms with E-state index in [1.54, 1.807) is 19.0 Å². The van der Waals surface area contributed by atoms with Crippen LogP contribution in [-0.4, -0.2) is 43.7 Å². The number of amides is 1. The van der Waals surface area contributed by atoms with Gasteiger partial charge in [0.15, 0.2) is 0 Å². The zero-order valence-corrected chi connectivity index (χ0v) is 9.67. The maximum Gasteiger partial charge on any atom is 0.224 e. The molecule has 0 radical (unpaired) electrons. The summed E-state index contributed by atoms with van der Waals surface area (Å²) in [6, 6.07) is 0. The fraction of sp³-hybridized carbons (Fsp3) is 0.900. The topological polar surface area (TPSA) is 55.6 Å². The third-order valence-electron chi connectivity index (χ3n) is 2.44. The molecule has 0 bridgehead atoms. The Hall–Kier alpha value is -0.610. The van der Waals surface area contributed by atoms with Gasteiger partial charge in [0.2, 0.25) is 5.91 Å². The van der Waals surface area contributed by atoms with Gasteiger partial charge in [-0.05, 0) is 13.3 Å². The smallest absolute Gasteiger partial charge is 0.224 e. The lowest BCUT2D eigenvalue weighted by atomic mass is 10.0. The molecule has 0 aromatic rings. The Morgan fingerprint density at radius 1 is 1.50 bits per heavy atom. The van der Waals surface area contributed by atoms with E-state index in [1.165, 1.54) is 0 Å².